The van der Waals surface area contributed by atoms with E-state index in [-0.39, 0.29) is 16.4 Å². The minimum Gasteiger partial charge on any atom is -0.289 e. The lowest BCUT2D eigenvalue weighted by atomic mass is 10.0. The number of ketones is 1. The highest BCUT2D eigenvalue weighted by molar-refractivity contribution is 14.1. The van der Waals surface area contributed by atoms with Crippen LogP contribution in [0.25, 0.3) is 0 Å². The number of nitrogens with zero attached hydrogens (tertiary/aromatic N) is 1. The number of hydrogen-bond acceptors (Lipinski definition) is 6. The maximum absolute atomic E-state index is 12.0. The van der Waals surface area contributed by atoms with E-state index in [0.29, 0.717) is 11.1 Å². The molecule has 0 fully saturated rings. The van der Waals surface area contributed by atoms with Crippen LogP contribution in [0, 0.1) is 10.1 Å². The van der Waals surface area contributed by atoms with Gasteiger partial charge in [-0.2, -0.15) is 10.9 Å². The molecule has 0 aliphatic carbocycles. The molecule has 0 aromatic heterocycles. The zero-order valence-corrected chi connectivity index (χ0v) is 17.2. The maximum Gasteiger partial charge on any atom is 0.306 e. The van der Waals surface area contributed by atoms with Crippen molar-refractivity contribution >= 4 is 44.6 Å². The van der Waals surface area contributed by atoms with Gasteiger partial charge in [0.15, 0.2) is 5.78 Å². The minimum atomic E-state index is -3.51. The second-order valence-corrected chi connectivity index (χ2v) is 7.92. The van der Waals surface area contributed by atoms with E-state index in [0.717, 1.165) is 0 Å². The molecule has 0 atom stereocenters. The molecule has 0 saturated carbocycles. The van der Waals surface area contributed by atoms with Gasteiger partial charge in [0.05, 0.1) is 9.82 Å². The first-order chi connectivity index (χ1) is 13.3. The molecule has 0 saturated heterocycles. The summed E-state index contributed by atoms with van der Waals surface area (Å²) in [5.41, 5.74) is 0.769. The van der Waals surface area contributed by atoms with Crippen LogP contribution in [-0.4, -0.2) is 19.1 Å². The summed E-state index contributed by atoms with van der Waals surface area (Å²) < 4.78 is 26.2. The number of hydrogen-bond donors (Lipinski definition) is 0. The Morgan fingerprint density at radius 1 is 0.857 bits per heavy atom. The van der Waals surface area contributed by atoms with E-state index in [1.165, 1.54) is 53.3 Å². The van der Waals surface area contributed by atoms with Crippen LogP contribution in [-0.2, 0) is 12.6 Å². The summed E-state index contributed by atoms with van der Waals surface area (Å²) in [6, 6.07) is 22.4. The first-order valence-corrected chi connectivity index (χ1v) is 10.1. The van der Waals surface area contributed by atoms with Crippen LogP contribution in [0.4, 0.5) is 5.69 Å². The first-order valence-electron chi connectivity index (χ1n) is 7.79. The third-order valence-electron chi connectivity index (χ3n) is 3.47. The Morgan fingerprint density at radius 3 is 1.93 bits per heavy atom. The normalized spacial score (nSPS) is 10.5. The SMILES string of the molecule is O=C(c1ccccc1)c1cccc([N+](=O)[O-])c1.O=S(=O)(OI)c1ccccc1. The first kappa shape index (κ1) is 21.7. The Bertz CT molecular complexity index is 1060. The third kappa shape index (κ3) is 5.94. The highest BCUT2D eigenvalue weighted by atomic mass is 127. The molecule has 0 unspecified atom stereocenters. The van der Waals surface area contributed by atoms with Gasteiger partial charge in [-0.1, -0.05) is 60.7 Å². The lowest BCUT2D eigenvalue weighted by molar-refractivity contribution is -0.384. The van der Waals surface area contributed by atoms with E-state index in [1.54, 1.807) is 48.5 Å². The van der Waals surface area contributed by atoms with E-state index < -0.39 is 15.0 Å². The van der Waals surface area contributed by atoms with E-state index in [4.69, 9.17) is 0 Å². The van der Waals surface area contributed by atoms with Gasteiger partial charge in [-0.25, -0.2) is 0 Å². The lowest BCUT2D eigenvalue weighted by Crippen LogP contribution is -2.01. The van der Waals surface area contributed by atoms with Gasteiger partial charge in [0, 0.05) is 23.3 Å². The predicted molar refractivity (Wildman–Crippen MR) is 112 cm³/mol. The molecule has 28 heavy (non-hydrogen) atoms. The molecule has 0 aliphatic rings. The quantitative estimate of drug-likeness (QED) is 0.215. The number of halogens is 1. The smallest absolute Gasteiger partial charge is 0.289 e. The average Bonchev–Trinajstić information content (AvgIpc) is 2.75. The van der Waals surface area contributed by atoms with Gasteiger partial charge in [-0.3, -0.25) is 14.9 Å². The summed E-state index contributed by atoms with van der Waals surface area (Å²) in [5, 5.41) is 10.6. The van der Waals surface area contributed by atoms with Crippen LogP contribution in [0.15, 0.2) is 89.8 Å². The Morgan fingerprint density at radius 2 is 1.39 bits per heavy atom. The van der Waals surface area contributed by atoms with Crippen LogP contribution in [0.1, 0.15) is 15.9 Å². The number of benzene rings is 3. The molecule has 3 rings (SSSR count). The van der Waals surface area contributed by atoms with Gasteiger partial charge in [-0.05, 0) is 12.1 Å². The molecule has 0 amide bonds. The van der Waals surface area contributed by atoms with Crippen molar-refractivity contribution < 1.29 is 20.6 Å². The van der Waals surface area contributed by atoms with Gasteiger partial charge in [0.25, 0.3) is 5.69 Å². The molecule has 0 radical (unpaired) electrons. The summed E-state index contributed by atoms with van der Waals surface area (Å²) in [5.74, 6) is -0.214. The van der Waals surface area contributed by atoms with Crippen LogP contribution in [0.3, 0.4) is 0 Å². The Labute approximate surface area is 175 Å². The Hall–Kier alpha value is -2.63. The van der Waals surface area contributed by atoms with E-state index in [1.807, 2.05) is 6.07 Å². The lowest BCUT2D eigenvalue weighted by Gasteiger charge is -2.00. The molecule has 144 valence electrons. The van der Waals surface area contributed by atoms with E-state index >= 15 is 0 Å². The fourth-order valence-corrected chi connectivity index (χ4v) is 3.33. The number of carbonyl (C=O) groups excluding carboxylic acids is 1. The van der Waals surface area contributed by atoms with Gasteiger partial charge < -0.3 is 0 Å². The monoisotopic (exact) mass is 511 g/mol. The van der Waals surface area contributed by atoms with Crippen LogP contribution in [0.5, 0.6) is 0 Å². The molecule has 9 heteroatoms. The van der Waals surface area contributed by atoms with Crippen molar-refractivity contribution in [1.82, 2.24) is 0 Å². The molecule has 3 aromatic carbocycles. The summed E-state index contributed by atoms with van der Waals surface area (Å²) in [6.07, 6.45) is 0. The Kier molecular flexibility index (Phi) is 7.79. The number of carbonyl (C=O) groups is 1. The molecule has 0 N–H and O–H groups in total. The molecule has 0 aliphatic heterocycles. The summed E-state index contributed by atoms with van der Waals surface area (Å²) in [7, 11) is -3.51. The summed E-state index contributed by atoms with van der Waals surface area (Å²) >= 11 is 1.35. The standard InChI is InChI=1S/C13H9NO3.C6H5IO3S/c15-13(10-5-2-1-3-6-10)11-7-4-8-12(9-11)14(16)17;7-10-11(8,9)6-4-2-1-3-5-6/h1-9H;1-5H. The van der Waals surface area contributed by atoms with Crippen molar-refractivity contribution in [2.24, 2.45) is 0 Å². The van der Waals surface area contributed by atoms with Gasteiger partial charge in [0.2, 0.25) is 0 Å². The summed E-state index contributed by atoms with van der Waals surface area (Å²) in [6.45, 7) is 0. The van der Waals surface area contributed by atoms with Crippen molar-refractivity contribution in [3.63, 3.8) is 0 Å². The molecular formula is C19H14INO6S. The fraction of sp³-hybridized carbons (Fsp3) is 0. The van der Waals surface area contributed by atoms with Crippen molar-refractivity contribution in [3.8, 4) is 0 Å². The zero-order valence-electron chi connectivity index (χ0n) is 14.3. The zero-order chi connectivity index (χ0) is 20.6. The molecule has 0 spiro atoms. The van der Waals surface area contributed by atoms with Crippen LogP contribution in [0.2, 0.25) is 0 Å². The number of rotatable bonds is 5. The van der Waals surface area contributed by atoms with Crippen molar-refractivity contribution in [2.45, 2.75) is 4.90 Å². The fourth-order valence-electron chi connectivity index (χ4n) is 2.14. The van der Waals surface area contributed by atoms with Crippen molar-refractivity contribution in [3.05, 3.63) is 106 Å². The van der Waals surface area contributed by atoms with Gasteiger partial charge in [-0.15, -0.1) is 0 Å². The molecule has 3 aromatic rings. The molecule has 0 heterocycles. The second kappa shape index (κ2) is 10.1. The van der Waals surface area contributed by atoms with Crippen LogP contribution >= 0.6 is 23.0 Å². The highest BCUT2D eigenvalue weighted by Gasteiger charge is 2.13. The molecule has 7 nitrogen and oxygen atoms in total. The summed E-state index contributed by atoms with van der Waals surface area (Å²) in [4.78, 5) is 22.3. The highest BCUT2D eigenvalue weighted by Crippen LogP contribution is 2.16. The second-order valence-electron chi connectivity index (χ2n) is 5.33. The topological polar surface area (TPSA) is 104 Å². The average molecular weight is 511 g/mol. The maximum atomic E-state index is 12.0. The Balaban J connectivity index is 0.000000221. The minimum absolute atomic E-state index is 0.0771. The molecule has 0 bridgehead atoms. The number of nitro groups is 1. The van der Waals surface area contributed by atoms with Gasteiger partial charge >= 0.3 is 10.1 Å². The van der Waals surface area contributed by atoms with Gasteiger partial charge in [0.1, 0.15) is 23.0 Å². The largest absolute Gasteiger partial charge is 0.306 e. The molecular weight excluding hydrogens is 497 g/mol. The van der Waals surface area contributed by atoms with Crippen LogP contribution < -0.4 is 0 Å². The van der Waals surface area contributed by atoms with E-state index in [2.05, 4.69) is 2.51 Å². The van der Waals surface area contributed by atoms with Crippen molar-refractivity contribution in [1.29, 1.82) is 0 Å². The third-order valence-corrected chi connectivity index (χ3v) is 5.91. The predicted octanol–water partition coefficient (Wildman–Crippen LogP) is 4.57. The van der Waals surface area contributed by atoms with E-state index in [9.17, 15) is 23.3 Å². The number of non-ortho nitro benzene ring substituents is 1. The number of nitro benzene ring substituents is 1. The van der Waals surface area contributed by atoms with Crippen molar-refractivity contribution in [2.75, 3.05) is 0 Å².